The molecule has 104 valence electrons. The van der Waals surface area contributed by atoms with Crippen LogP contribution in [0.4, 0.5) is 0 Å². The Morgan fingerprint density at radius 1 is 1.47 bits per heavy atom. The van der Waals surface area contributed by atoms with Gasteiger partial charge in [-0.2, -0.15) is 0 Å². The number of likely N-dealkylation sites (N-methyl/N-ethyl adjacent to an activating group) is 1. The van der Waals surface area contributed by atoms with Crippen LogP contribution in [0.1, 0.15) is 22.3 Å². The summed E-state index contributed by atoms with van der Waals surface area (Å²) < 4.78 is 10.7. The summed E-state index contributed by atoms with van der Waals surface area (Å²) in [5.41, 5.74) is 1.71. The van der Waals surface area contributed by atoms with Gasteiger partial charge in [-0.25, -0.2) is 4.79 Å². The fourth-order valence-corrected chi connectivity index (χ4v) is 2.18. The Bertz CT molecular complexity index is 414. The van der Waals surface area contributed by atoms with Gasteiger partial charge in [-0.1, -0.05) is 18.2 Å². The molecule has 1 fully saturated rings. The number of ether oxygens (including phenoxy) is 2. The van der Waals surface area contributed by atoms with E-state index in [-0.39, 0.29) is 5.97 Å². The molecule has 0 aromatic heterocycles. The molecule has 0 saturated carbocycles. The highest BCUT2D eigenvalue weighted by atomic mass is 16.5. The van der Waals surface area contributed by atoms with E-state index in [1.165, 1.54) is 0 Å². The Kier molecular flexibility index (Phi) is 5.36. The van der Waals surface area contributed by atoms with E-state index < -0.39 is 0 Å². The summed E-state index contributed by atoms with van der Waals surface area (Å²) in [6.45, 7) is 2.79. The van der Waals surface area contributed by atoms with Crippen molar-refractivity contribution in [2.24, 2.45) is 5.92 Å². The third-order valence-electron chi connectivity index (χ3n) is 3.36. The Morgan fingerprint density at radius 2 is 2.32 bits per heavy atom. The fraction of sp³-hybridized carbons (Fsp3) is 0.533. The minimum atomic E-state index is -0.224. The van der Waals surface area contributed by atoms with Gasteiger partial charge in [0.15, 0.2) is 0 Å². The second kappa shape index (κ2) is 7.26. The first-order chi connectivity index (χ1) is 9.31. The first-order valence-electron chi connectivity index (χ1n) is 6.78. The molecule has 1 aromatic rings. The second-order valence-corrected chi connectivity index (χ2v) is 4.84. The molecule has 19 heavy (non-hydrogen) atoms. The Labute approximate surface area is 114 Å². The minimum absolute atomic E-state index is 0.224. The van der Waals surface area contributed by atoms with Crippen LogP contribution in [0.2, 0.25) is 0 Å². The first-order valence-corrected chi connectivity index (χ1v) is 6.78. The molecule has 0 radical (unpaired) electrons. The average molecular weight is 263 g/mol. The molecule has 0 amide bonds. The predicted octanol–water partition coefficient (Wildman–Crippen LogP) is 1.64. The lowest BCUT2D eigenvalue weighted by Gasteiger charge is -2.11. The summed E-state index contributed by atoms with van der Waals surface area (Å²) >= 11 is 0. The van der Waals surface area contributed by atoms with Crippen LogP contribution in [0.5, 0.6) is 0 Å². The molecular weight excluding hydrogens is 242 g/mol. The van der Waals surface area contributed by atoms with Crippen molar-refractivity contribution >= 4 is 5.97 Å². The molecule has 0 aliphatic carbocycles. The van der Waals surface area contributed by atoms with Crippen molar-refractivity contribution in [2.45, 2.75) is 12.8 Å². The van der Waals surface area contributed by atoms with Crippen LogP contribution < -0.4 is 5.32 Å². The summed E-state index contributed by atoms with van der Waals surface area (Å²) in [4.78, 5) is 12.1. The third-order valence-corrected chi connectivity index (χ3v) is 3.36. The van der Waals surface area contributed by atoms with Crippen molar-refractivity contribution in [3.63, 3.8) is 0 Å². The van der Waals surface area contributed by atoms with Gasteiger partial charge in [0.05, 0.1) is 18.8 Å². The Morgan fingerprint density at radius 3 is 3.05 bits per heavy atom. The topological polar surface area (TPSA) is 47.6 Å². The van der Waals surface area contributed by atoms with Crippen LogP contribution in [0.25, 0.3) is 0 Å². The smallest absolute Gasteiger partial charge is 0.338 e. The SMILES string of the molecule is CNCCc1ccccc1C(=O)OCC1CCOC1. The molecule has 1 unspecified atom stereocenters. The predicted molar refractivity (Wildman–Crippen MR) is 73.3 cm³/mol. The molecule has 0 bridgehead atoms. The van der Waals surface area contributed by atoms with Gasteiger partial charge >= 0.3 is 5.97 Å². The molecule has 1 atom stereocenters. The van der Waals surface area contributed by atoms with Crippen LogP contribution in [-0.4, -0.2) is 39.4 Å². The monoisotopic (exact) mass is 263 g/mol. The number of carbonyl (C=O) groups is 1. The average Bonchev–Trinajstić information content (AvgIpc) is 2.96. The number of benzene rings is 1. The highest BCUT2D eigenvalue weighted by Gasteiger charge is 2.19. The molecule has 1 aliphatic rings. The van der Waals surface area contributed by atoms with E-state index in [2.05, 4.69) is 5.32 Å². The minimum Gasteiger partial charge on any atom is -0.462 e. The van der Waals surface area contributed by atoms with Gasteiger partial charge in [-0.3, -0.25) is 0 Å². The van der Waals surface area contributed by atoms with E-state index in [0.29, 0.717) is 24.7 Å². The largest absolute Gasteiger partial charge is 0.462 e. The van der Waals surface area contributed by atoms with Crippen LogP contribution in [0.3, 0.4) is 0 Å². The van der Waals surface area contributed by atoms with Gasteiger partial charge in [0.25, 0.3) is 0 Å². The van der Waals surface area contributed by atoms with Crippen molar-refractivity contribution in [3.8, 4) is 0 Å². The number of hydrogen-bond acceptors (Lipinski definition) is 4. The van der Waals surface area contributed by atoms with E-state index in [9.17, 15) is 4.79 Å². The number of rotatable bonds is 6. The highest BCUT2D eigenvalue weighted by molar-refractivity contribution is 5.91. The molecule has 4 heteroatoms. The van der Waals surface area contributed by atoms with Gasteiger partial charge in [0.1, 0.15) is 0 Å². The molecule has 4 nitrogen and oxygen atoms in total. The molecule has 1 saturated heterocycles. The maximum Gasteiger partial charge on any atom is 0.338 e. The third kappa shape index (κ3) is 4.04. The zero-order valence-electron chi connectivity index (χ0n) is 11.4. The second-order valence-electron chi connectivity index (χ2n) is 4.84. The van der Waals surface area contributed by atoms with Crippen LogP contribution in [-0.2, 0) is 15.9 Å². The van der Waals surface area contributed by atoms with Crippen molar-refractivity contribution in [1.29, 1.82) is 0 Å². The Balaban J connectivity index is 1.93. The van der Waals surface area contributed by atoms with Crippen molar-refractivity contribution < 1.29 is 14.3 Å². The van der Waals surface area contributed by atoms with E-state index in [0.717, 1.165) is 31.6 Å². The van der Waals surface area contributed by atoms with Gasteiger partial charge in [0.2, 0.25) is 0 Å². The number of esters is 1. The highest BCUT2D eigenvalue weighted by Crippen LogP contribution is 2.15. The fourth-order valence-electron chi connectivity index (χ4n) is 2.18. The van der Waals surface area contributed by atoms with E-state index in [4.69, 9.17) is 9.47 Å². The quantitative estimate of drug-likeness (QED) is 0.793. The van der Waals surface area contributed by atoms with Crippen molar-refractivity contribution in [3.05, 3.63) is 35.4 Å². The molecule has 1 aliphatic heterocycles. The molecule has 1 heterocycles. The van der Waals surface area contributed by atoms with E-state index >= 15 is 0 Å². The lowest BCUT2D eigenvalue weighted by Crippen LogP contribution is -2.17. The summed E-state index contributed by atoms with van der Waals surface area (Å²) in [6.07, 6.45) is 1.81. The van der Waals surface area contributed by atoms with Gasteiger partial charge in [-0.15, -0.1) is 0 Å². The van der Waals surface area contributed by atoms with Gasteiger partial charge in [-0.05, 0) is 38.1 Å². The first kappa shape index (κ1) is 14.0. The summed E-state index contributed by atoms with van der Waals surface area (Å²) in [5, 5.41) is 3.09. The number of nitrogens with one attached hydrogen (secondary N) is 1. The number of carbonyl (C=O) groups excluding carboxylic acids is 1. The summed E-state index contributed by atoms with van der Waals surface area (Å²) in [6, 6.07) is 7.63. The molecule has 1 aromatic carbocycles. The Hall–Kier alpha value is -1.39. The van der Waals surface area contributed by atoms with Crippen molar-refractivity contribution in [1.82, 2.24) is 5.32 Å². The standard InChI is InChI=1S/C15H21NO3/c1-16-8-6-13-4-2-3-5-14(13)15(17)19-11-12-7-9-18-10-12/h2-5,12,16H,6-11H2,1H3. The molecule has 2 rings (SSSR count). The van der Waals surface area contributed by atoms with Crippen LogP contribution in [0, 0.1) is 5.92 Å². The van der Waals surface area contributed by atoms with Gasteiger partial charge in [0, 0.05) is 12.5 Å². The summed E-state index contributed by atoms with van der Waals surface area (Å²) in [5.74, 6) is 0.132. The zero-order valence-corrected chi connectivity index (χ0v) is 11.4. The van der Waals surface area contributed by atoms with Crippen molar-refractivity contribution in [2.75, 3.05) is 33.4 Å². The lowest BCUT2D eigenvalue weighted by molar-refractivity contribution is 0.0427. The molecule has 1 N–H and O–H groups in total. The maximum absolute atomic E-state index is 12.1. The van der Waals surface area contributed by atoms with E-state index in [1.807, 2.05) is 31.3 Å². The van der Waals surface area contributed by atoms with E-state index in [1.54, 1.807) is 0 Å². The summed E-state index contributed by atoms with van der Waals surface area (Å²) in [7, 11) is 1.90. The maximum atomic E-state index is 12.1. The van der Waals surface area contributed by atoms with Crippen LogP contribution >= 0.6 is 0 Å². The number of hydrogen-bond donors (Lipinski definition) is 1. The molecular formula is C15H21NO3. The van der Waals surface area contributed by atoms with Gasteiger partial charge < -0.3 is 14.8 Å². The normalized spacial score (nSPS) is 18.5. The molecule has 0 spiro atoms. The lowest BCUT2D eigenvalue weighted by atomic mass is 10.0. The zero-order chi connectivity index (χ0) is 13.5. The van der Waals surface area contributed by atoms with Crippen LogP contribution in [0.15, 0.2) is 24.3 Å².